The van der Waals surface area contributed by atoms with Gasteiger partial charge in [0.25, 0.3) is 0 Å². The van der Waals surface area contributed by atoms with Crippen LogP contribution in [0.15, 0.2) is 6.20 Å². The predicted molar refractivity (Wildman–Crippen MR) is 33.3 cm³/mol. The third-order valence-corrected chi connectivity index (χ3v) is 1.14. The van der Waals surface area contributed by atoms with Crippen LogP contribution < -0.4 is 5.32 Å². The molecule has 0 radical (unpaired) electrons. The van der Waals surface area contributed by atoms with Gasteiger partial charge in [0.15, 0.2) is 5.82 Å². The minimum absolute atomic E-state index is 0.130. The molecule has 0 aliphatic rings. The van der Waals surface area contributed by atoms with Gasteiger partial charge in [0.05, 0.1) is 0 Å². The van der Waals surface area contributed by atoms with E-state index >= 15 is 0 Å². The second-order valence-corrected chi connectivity index (χ2v) is 1.91. The van der Waals surface area contributed by atoms with Crippen LogP contribution in [0.5, 0.6) is 0 Å². The molecule has 1 amide bonds. The summed E-state index contributed by atoms with van der Waals surface area (Å²) >= 11 is 0. The van der Waals surface area contributed by atoms with Crippen molar-refractivity contribution in [2.45, 2.75) is 6.18 Å². The monoisotopic (exact) mass is 179 g/mol. The highest BCUT2D eigenvalue weighted by atomic mass is 19.4. The number of aromatic amines is 1. The van der Waals surface area contributed by atoms with Crippen molar-refractivity contribution in [2.24, 2.45) is 0 Å². The molecule has 2 N–H and O–H groups in total. The smallest absolute Gasteiger partial charge is 0.311 e. The molecule has 1 heterocycles. The van der Waals surface area contributed by atoms with Gasteiger partial charge in [-0.3, -0.25) is 9.89 Å². The molecule has 1 rings (SSSR count). The molecule has 0 fully saturated rings. The number of hydrogen-bond donors (Lipinski definition) is 2. The highest BCUT2D eigenvalue weighted by molar-refractivity contribution is 5.70. The highest BCUT2D eigenvalue weighted by Crippen LogP contribution is 2.32. The van der Waals surface area contributed by atoms with E-state index in [0.29, 0.717) is 6.20 Å². The van der Waals surface area contributed by atoms with Gasteiger partial charge in [0.2, 0.25) is 6.41 Å². The molecule has 0 aliphatic carbocycles. The number of carbonyl (C=O) groups is 1. The average molecular weight is 179 g/mol. The van der Waals surface area contributed by atoms with Crippen molar-refractivity contribution < 1.29 is 18.0 Å². The van der Waals surface area contributed by atoms with Gasteiger partial charge in [0.1, 0.15) is 5.56 Å². The van der Waals surface area contributed by atoms with Crippen molar-refractivity contribution in [3.05, 3.63) is 11.8 Å². The van der Waals surface area contributed by atoms with E-state index < -0.39 is 17.6 Å². The number of hydrogen-bond acceptors (Lipinski definition) is 2. The number of nitrogens with one attached hydrogen (secondary N) is 2. The van der Waals surface area contributed by atoms with Crippen LogP contribution in [-0.2, 0) is 11.0 Å². The molecule has 66 valence electrons. The normalized spacial score (nSPS) is 11.2. The highest BCUT2D eigenvalue weighted by Gasteiger charge is 2.35. The quantitative estimate of drug-likeness (QED) is 0.665. The van der Waals surface area contributed by atoms with E-state index in [1.54, 1.807) is 0 Å². The average Bonchev–Trinajstić information content (AvgIpc) is 2.34. The maximum Gasteiger partial charge on any atom is 0.421 e. The summed E-state index contributed by atoms with van der Waals surface area (Å²) in [6, 6.07) is 0. The first-order valence-electron chi connectivity index (χ1n) is 2.87. The summed E-state index contributed by atoms with van der Waals surface area (Å²) in [6.07, 6.45) is -3.70. The topological polar surface area (TPSA) is 57.8 Å². The van der Waals surface area contributed by atoms with Crippen LogP contribution in [0.4, 0.5) is 19.0 Å². The van der Waals surface area contributed by atoms with E-state index in [4.69, 9.17) is 0 Å². The van der Waals surface area contributed by atoms with Gasteiger partial charge in [-0.05, 0) is 0 Å². The van der Waals surface area contributed by atoms with Gasteiger partial charge in [-0.15, -0.1) is 0 Å². The Hall–Kier alpha value is -1.53. The Morgan fingerprint density at radius 3 is 2.75 bits per heavy atom. The van der Waals surface area contributed by atoms with Crippen molar-refractivity contribution in [3.8, 4) is 0 Å². The first-order valence-corrected chi connectivity index (χ1v) is 2.87. The molecule has 1 aromatic rings. The van der Waals surface area contributed by atoms with E-state index in [9.17, 15) is 18.0 Å². The number of carbonyl (C=O) groups excluding carboxylic acids is 1. The SMILES string of the molecule is O=CNc1n[nH]cc1C(F)(F)F. The lowest BCUT2D eigenvalue weighted by Gasteiger charge is -2.03. The summed E-state index contributed by atoms with van der Waals surface area (Å²) < 4.78 is 36.0. The van der Waals surface area contributed by atoms with Gasteiger partial charge >= 0.3 is 6.18 Å². The number of anilines is 1. The summed E-state index contributed by atoms with van der Waals surface area (Å²) in [5.74, 6) is -0.516. The fourth-order valence-corrected chi connectivity index (χ4v) is 0.672. The molecule has 0 saturated heterocycles. The molecule has 4 nitrogen and oxygen atoms in total. The number of aromatic nitrogens is 2. The fraction of sp³-hybridized carbons (Fsp3) is 0.200. The second-order valence-electron chi connectivity index (χ2n) is 1.91. The second kappa shape index (κ2) is 2.84. The van der Waals surface area contributed by atoms with E-state index in [2.05, 4.69) is 5.10 Å². The maximum absolute atomic E-state index is 12.0. The van der Waals surface area contributed by atoms with E-state index in [1.165, 1.54) is 0 Å². The van der Waals surface area contributed by atoms with Crippen LogP contribution in [-0.4, -0.2) is 16.6 Å². The van der Waals surface area contributed by atoms with Crippen LogP contribution in [0.25, 0.3) is 0 Å². The summed E-state index contributed by atoms with van der Waals surface area (Å²) in [6.45, 7) is 0. The van der Waals surface area contributed by atoms with Gasteiger partial charge in [0, 0.05) is 6.20 Å². The number of H-pyrrole nitrogens is 1. The molecule has 0 unspecified atom stereocenters. The summed E-state index contributed by atoms with van der Waals surface area (Å²) in [5.41, 5.74) is -0.991. The first kappa shape index (κ1) is 8.57. The molecule has 12 heavy (non-hydrogen) atoms. The van der Waals surface area contributed by atoms with Crippen molar-refractivity contribution in [2.75, 3.05) is 5.32 Å². The third-order valence-electron chi connectivity index (χ3n) is 1.14. The van der Waals surface area contributed by atoms with E-state index in [-0.39, 0.29) is 6.41 Å². The van der Waals surface area contributed by atoms with Crippen molar-refractivity contribution in [1.29, 1.82) is 0 Å². The van der Waals surface area contributed by atoms with Crippen LogP contribution in [0, 0.1) is 0 Å². The Morgan fingerprint density at radius 1 is 1.58 bits per heavy atom. The van der Waals surface area contributed by atoms with Crippen LogP contribution >= 0.6 is 0 Å². The fourth-order valence-electron chi connectivity index (χ4n) is 0.672. The minimum atomic E-state index is -4.50. The number of nitrogens with zero attached hydrogens (tertiary/aromatic N) is 1. The summed E-state index contributed by atoms with van der Waals surface area (Å²) in [5, 5.41) is 7.00. The number of alkyl halides is 3. The molecule has 0 bridgehead atoms. The Bertz CT molecular complexity index is 280. The molecule has 7 heteroatoms. The molecular weight excluding hydrogens is 175 g/mol. The zero-order valence-electron chi connectivity index (χ0n) is 5.64. The van der Waals surface area contributed by atoms with Crippen molar-refractivity contribution in [1.82, 2.24) is 10.2 Å². The zero-order chi connectivity index (χ0) is 9.19. The van der Waals surface area contributed by atoms with Crippen molar-refractivity contribution in [3.63, 3.8) is 0 Å². The molecule has 1 aromatic heterocycles. The lowest BCUT2D eigenvalue weighted by atomic mass is 10.3. The minimum Gasteiger partial charge on any atom is -0.311 e. The largest absolute Gasteiger partial charge is 0.421 e. The molecule has 0 spiro atoms. The van der Waals surface area contributed by atoms with Crippen LogP contribution in [0.2, 0.25) is 0 Å². The lowest BCUT2D eigenvalue weighted by Crippen LogP contribution is -2.08. The number of halogens is 3. The van der Waals surface area contributed by atoms with E-state index in [1.807, 2.05) is 10.4 Å². The first-order chi connectivity index (χ1) is 5.55. The van der Waals surface area contributed by atoms with Gasteiger partial charge in [-0.1, -0.05) is 0 Å². The number of rotatable bonds is 2. The summed E-state index contributed by atoms with van der Waals surface area (Å²) in [4.78, 5) is 9.82. The van der Waals surface area contributed by atoms with Crippen LogP contribution in [0.3, 0.4) is 0 Å². The lowest BCUT2D eigenvalue weighted by molar-refractivity contribution is -0.136. The summed E-state index contributed by atoms with van der Waals surface area (Å²) in [7, 11) is 0. The van der Waals surface area contributed by atoms with Gasteiger partial charge < -0.3 is 5.32 Å². The molecular formula is C5H4F3N3O. The Labute approximate surface area is 64.8 Å². The predicted octanol–water partition coefficient (Wildman–Crippen LogP) is 0.997. The Kier molecular flexibility index (Phi) is 2.03. The molecule has 0 aliphatic heterocycles. The van der Waals surface area contributed by atoms with Crippen LogP contribution in [0.1, 0.15) is 5.56 Å². The van der Waals surface area contributed by atoms with Gasteiger partial charge in [-0.25, -0.2) is 0 Å². The van der Waals surface area contributed by atoms with Crippen molar-refractivity contribution >= 4 is 12.2 Å². The van der Waals surface area contributed by atoms with E-state index in [0.717, 1.165) is 0 Å². The molecule has 0 saturated carbocycles. The van der Waals surface area contributed by atoms with Gasteiger partial charge in [-0.2, -0.15) is 18.3 Å². The Balaban J connectivity index is 2.99. The number of amides is 1. The molecule has 0 atom stereocenters. The third kappa shape index (κ3) is 1.55. The standard InChI is InChI=1S/C5H4F3N3O/c6-5(7,8)3-1-10-11-4(3)9-2-12/h1-2H,(H2,9,10,11,12). The Morgan fingerprint density at radius 2 is 2.25 bits per heavy atom. The molecule has 0 aromatic carbocycles. The zero-order valence-corrected chi connectivity index (χ0v) is 5.64. The maximum atomic E-state index is 12.0.